The van der Waals surface area contributed by atoms with E-state index in [4.69, 9.17) is 0 Å². The molecule has 0 aromatic carbocycles. The molecule has 0 fully saturated rings. The normalized spacial score (nSPS) is 17.5. The van der Waals surface area contributed by atoms with Crippen LogP contribution in [-0.2, 0) is 4.79 Å². The minimum absolute atomic E-state index is 0.144. The minimum atomic E-state index is 0.144. The van der Waals surface area contributed by atoms with E-state index >= 15 is 0 Å². The highest BCUT2D eigenvalue weighted by Gasteiger charge is 2.25. The molecule has 0 radical (unpaired) electrons. The molecule has 1 aliphatic heterocycles. The molecular weight excluding hydrogens is 164 g/mol. The lowest BCUT2D eigenvalue weighted by molar-refractivity contribution is -0.130. The Bertz CT molecular complexity index is 231. The van der Waals surface area contributed by atoms with Gasteiger partial charge in [0.1, 0.15) is 0 Å². The van der Waals surface area contributed by atoms with Crippen LogP contribution in [-0.4, -0.2) is 22.7 Å². The van der Waals surface area contributed by atoms with Crippen LogP contribution in [0.4, 0.5) is 0 Å². The summed E-state index contributed by atoms with van der Waals surface area (Å²) >= 11 is 0. The molecule has 1 rings (SSSR count). The van der Waals surface area contributed by atoms with E-state index in [1.54, 1.807) is 5.01 Å². The van der Waals surface area contributed by atoms with Crippen molar-refractivity contribution in [1.82, 2.24) is 5.01 Å². The van der Waals surface area contributed by atoms with Crippen LogP contribution in [0.1, 0.15) is 40.5 Å². The second kappa shape index (κ2) is 3.90. The zero-order valence-corrected chi connectivity index (χ0v) is 8.87. The molecule has 0 N–H and O–H groups in total. The van der Waals surface area contributed by atoms with Crippen LogP contribution in [0.5, 0.6) is 0 Å². The molecule has 3 nitrogen and oxygen atoms in total. The van der Waals surface area contributed by atoms with Gasteiger partial charge in [-0.25, -0.2) is 5.01 Å². The lowest BCUT2D eigenvalue weighted by atomic mass is 10.1. The van der Waals surface area contributed by atoms with Crippen molar-refractivity contribution in [1.29, 1.82) is 0 Å². The van der Waals surface area contributed by atoms with Crippen LogP contribution in [0.15, 0.2) is 5.10 Å². The number of carbonyl (C=O) groups is 1. The van der Waals surface area contributed by atoms with Gasteiger partial charge in [0.25, 0.3) is 0 Å². The maximum absolute atomic E-state index is 11.4. The molecule has 0 aromatic rings. The summed E-state index contributed by atoms with van der Waals surface area (Å²) in [5.41, 5.74) is 1.04. The van der Waals surface area contributed by atoms with Gasteiger partial charge >= 0.3 is 0 Å². The summed E-state index contributed by atoms with van der Waals surface area (Å²) in [5.74, 6) is 0.726. The Kier molecular flexibility index (Phi) is 3.07. The second-order valence-corrected chi connectivity index (χ2v) is 4.27. The fourth-order valence-electron chi connectivity index (χ4n) is 1.49. The largest absolute Gasteiger partial charge is 0.273 e. The number of hydrogen-bond donors (Lipinski definition) is 0. The van der Waals surface area contributed by atoms with Crippen LogP contribution in [0.3, 0.4) is 0 Å². The Hall–Kier alpha value is -0.860. The quantitative estimate of drug-likeness (QED) is 0.657. The average Bonchev–Trinajstić information content (AvgIpc) is 2.29. The van der Waals surface area contributed by atoms with Gasteiger partial charge in [0.2, 0.25) is 5.91 Å². The van der Waals surface area contributed by atoms with E-state index in [0.29, 0.717) is 12.3 Å². The van der Waals surface area contributed by atoms with Crippen molar-refractivity contribution >= 4 is 11.6 Å². The Balaban J connectivity index is 2.61. The summed E-state index contributed by atoms with van der Waals surface area (Å²) in [4.78, 5) is 11.4. The summed E-state index contributed by atoms with van der Waals surface area (Å²) in [7, 11) is 0. The summed E-state index contributed by atoms with van der Waals surface area (Å²) < 4.78 is 0. The third-order valence-electron chi connectivity index (χ3n) is 1.99. The first-order chi connectivity index (χ1) is 6.00. The van der Waals surface area contributed by atoms with E-state index in [-0.39, 0.29) is 11.9 Å². The zero-order valence-electron chi connectivity index (χ0n) is 8.87. The highest BCUT2D eigenvalue weighted by atomic mass is 16.2. The van der Waals surface area contributed by atoms with Gasteiger partial charge < -0.3 is 0 Å². The number of rotatable bonds is 3. The van der Waals surface area contributed by atoms with E-state index in [0.717, 1.165) is 12.1 Å². The van der Waals surface area contributed by atoms with Crippen molar-refractivity contribution in [2.45, 2.75) is 46.6 Å². The van der Waals surface area contributed by atoms with Crippen LogP contribution in [0.2, 0.25) is 0 Å². The first-order valence-electron chi connectivity index (χ1n) is 4.89. The van der Waals surface area contributed by atoms with Crippen LogP contribution < -0.4 is 0 Å². The molecule has 0 saturated carbocycles. The first-order valence-corrected chi connectivity index (χ1v) is 4.89. The SMILES string of the molecule is CC(C)CC1=NN(C(C)C)C(=O)C1. The molecule has 0 spiro atoms. The van der Waals surface area contributed by atoms with Crippen LogP contribution in [0, 0.1) is 5.92 Å². The van der Waals surface area contributed by atoms with Gasteiger partial charge in [-0.15, -0.1) is 0 Å². The standard InChI is InChI=1S/C10H18N2O/c1-7(2)5-9-6-10(13)12(11-9)8(3)4/h7-8H,5-6H2,1-4H3. The monoisotopic (exact) mass is 182 g/mol. The number of hydrazone groups is 1. The predicted molar refractivity (Wildman–Crippen MR) is 53.5 cm³/mol. The van der Waals surface area contributed by atoms with E-state index in [2.05, 4.69) is 18.9 Å². The molecule has 0 saturated heterocycles. The third kappa shape index (κ3) is 2.54. The molecule has 0 aromatic heterocycles. The lowest BCUT2D eigenvalue weighted by Gasteiger charge is -2.15. The fourth-order valence-corrected chi connectivity index (χ4v) is 1.49. The van der Waals surface area contributed by atoms with E-state index in [9.17, 15) is 4.79 Å². The number of nitrogens with zero attached hydrogens (tertiary/aromatic N) is 2. The number of hydrogen-bond acceptors (Lipinski definition) is 2. The van der Waals surface area contributed by atoms with Gasteiger partial charge in [0, 0.05) is 11.8 Å². The fraction of sp³-hybridized carbons (Fsp3) is 0.800. The van der Waals surface area contributed by atoms with Crippen LogP contribution >= 0.6 is 0 Å². The molecule has 1 amide bonds. The average molecular weight is 182 g/mol. The second-order valence-electron chi connectivity index (χ2n) is 4.27. The van der Waals surface area contributed by atoms with E-state index in [1.807, 2.05) is 13.8 Å². The Morgan fingerprint density at radius 3 is 2.38 bits per heavy atom. The van der Waals surface area contributed by atoms with Crippen molar-refractivity contribution in [3.05, 3.63) is 0 Å². The Morgan fingerprint density at radius 1 is 1.38 bits per heavy atom. The molecule has 0 aliphatic carbocycles. The molecule has 1 heterocycles. The molecule has 0 unspecified atom stereocenters. The highest BCUT2D eigenvalue weighted by Crippen LogP contribution is 2.16. The number of carbonyl (C=O) groups excluding carboxylic acids is 1. The molecule has 13 heavy (non-hydrogen) atoms. The van der Waals surface area contributed by atoms with Crippen molar-refractivity contribution in [2.24, 2.45) is 11.0 Å². The topological polar surface area (TPSA) is 32.7 Å². The molecule has 3 heteroatoms. The maximum atomic E-state index is 11.4. The smallest absolute Gasteiger partial charge is 0.248 e. The summed E-state index contributed by atoms with van der Waals surface area (Å²) in [5, 5.41) is 5.90. The van der Waals surface area contributed by atoms with E-state index < -0.39 is 0 Å². The van der Waals surface area contributed by atoms with Gasteiger partial charge in [-0.3, -0.25) is 4.79 Å². The molecule has 74 valence electrons. The molecule has 1 aliphatic rings. The minimum Gasteiger partial charge on any atom is -0.273 e. The Morgan fingerprint density at radius 2 is 2.00 bits per heavy atom. The molecular formula is C10H18N2O. The third-order valence-corrected chi connectivity index (χ3v) is 1.99. The summed E-state index contributed by atoms with van der Waals surface area (Å²) in [6, 6.07) is 0.192. The number of amides is 1. The molecule has 0 bridgehead atoms. The summed E-state index contributed by atoms with van der Waals surface area (Å²) in [6.07, 6.45) is 1.46. The van der Waals surface area contributed by atoms with Crippen molar-refractivity contribution in [3.63, 3.8) is 0 Å². The van der Waals surface area contributed by atoms with Gasteiger partial charge in [-0.05, 0) is 26.2 Å². The van der Waals surface area contributed by atoms with Gasteiger partial charge in [0.05, 0.1) is 6.42 Å². The first kappa shape index (κ1) is 10.2. The summed E-state index contributed by atoms with van der Waals surface area (Å²) in [6.45, 7) is 8.26. The highest BCUT2D eigenvalue weighted by molar-refractivity contribution is 6.05. The van der Waals surface area contributed by atoms with Crippen LogP contribution in [0.25, 0.3) is 0 Å². The maximum Gasteiger partial charge on any atom is 0.248 e. The van der Waals surface area contributed by atoms with Crippen molar-refractivity contribution < 1.29 is 4.79 Å². The molecule has 0 atom stereocenters. The van der Waals surface area contributed by atoms with Gasteiger partial charge in [-0.2, -0.15) is 5.10 Å². The van der Waals surface area contributed by atoms with Gasteiger partial charge in [-0.1, -0.05) is 13.8 Å². The predicted octanol–water partition coefficient (Wildman–Crippen LogP) is 2.03. The van der Waals surface area contributed by atoms with E-state index in [1.165, 1.54) is 0 Å². The Labute approximate surface area is 79.8 Å². The van der Waals surface area contributed by atoms with Crippen molar-refractivity contribution in [2.75, 3.05) is 0 Å². The van der Waals surface area contributed by atoms with Gasteiger partial charge in [0.15, 0.2) is 0 Å². The lowest BCUT2D eigenvalue weighted by Crippen LogP contribution is -2.27. The van der Waals surface area contributed by atoms with Crippen molar-refractivity contribution in [3.8, 4) is 0 Å². The zero-order chi connectivity index (χ0) is 10.0.